The fourth-order valence-electron chi connectivity index (χ4n) is 2.59. The number of nitrogens with zero attached hydrogens (tertiary/aromatic N) is 4. The standard InChI is InChI=1S/C14H19N5OS/c1-2-18-7-8-20-12(9-18)10-19-13(16-17-14(19)21)11-3-5-15-6-4-11/h3-6,12H,2,7-10H2,1H3,(H,17,21). The van der Waals surface area contributed by atoms with E-state index in [1.54, 1.807) is 12.4 Å². The van der Waals surface area contributed by atoms with Crippen LogP contribution in [0.1, 0.15) is 6.92 Å². The Bertz CT molecular complexity index is 638. The van der Waals surface area contributed by atoms with Crippen LogP contribution < -0.4 is 0 Å². The van der Waals surface area contributed by atoms with Crippen LogP contribution in [-0.4, -0.2) is 57.0 Å². The molecule has 1 fully saturated rings. The second-order valence-electron chi connectivity index (χ2n) is 5.08. The number of morpholine rings is 1. The Morgan fingerprint density at radius 2 is 2.24 bits per heavy atom. The van der Waals surface area contributed by atoms with E-state index >= 15 is 0 Å². The average molecular weight is 305 g/mol. The summed E-state index contributed by atoms with van der Waals surface area (Å²) < 4.78 is 8.50. The maximum Gasteiger partial charge on any atom is 0.195 e. The number of pyridine rings is 1. The molecular formula is C14H19N5OS. The smallest absolute Gasteiger partial charge is 0.195 e. The highest BCUT2D eigenvalue weighted by atomic mass is 32.1. The lowest BCUT2D eigenvalue weighted by Crippen LogP contribution is -2.44. The first-order chi connectivity index (χ1) is 10.3. The lowest BCUT2D eigenvalue weighted by molar-refractivity contribution is -0.0343. The second kappa shape index (κ2) is 6.46. The predicted molar refractivity (Wildman–Crippen MR) is 82.5 cm³/mol. The Kier molecular flexibility index (Phi) is 4.42. The molecule has 112 valence electrons. The van der Waals surface area contributed by atoms with E-state index in [9.17, 15) is 0 Å². The van der Waals surface area contributed by atoms with E-state index in [-0.39, 0.29) is 6.10 Å². The molecule has 6 nitrogen and oxygen atoms in total. The molecule has 0 aliphatic carbocycles. The monoisotopic (exact) mass is 305 g/mol. The number of aromatic amines is 1. The van der Waals surface area contributed by atoms with E-state index in [2.05, 4.69) is 27.0 Å². The number of ether oxygens (including phenoxy) is 1. The van der Waals surface area contributed by atoms with Gasteiger partial charge >= 0.3 is 0 Å². The molecule has 7 heteroatoms. The van der Waals surface area contributed by atoms with E-state index < -0.39 is 0 Å². The van der Waals surface area contributed by atoms with Crippen LogP contribution in [0.15, 0.2) is 24.5 Å². The molecule has 1 N–H and O–H groups in total. The fourth-order valence-corrected chi connectivity index (χ4v) is 2.80. The van der Waals surface area contributed by atoms with Crippen molar-refractivity contribution in [2.75, 3.05) is 26.2 Å². The molecule has 3 heterocycles. The van der Waals surface area contributed by atoms with Gasteiger partial charge in [0.25, 0.3) is 0 Å². The Balaban J connectivity index is 1.83. The van der Waals surface area contributed by atoms with Gasteiger partial charge < -0.3 is 4.74 Å². The highest BCUT2D eigenvalue weighted by Crippen LogP contribution is 2.18. The van der Waals surface area contributed by atoms with Gasteiger partial charge in [0.05, 0.1) is 19.3 Å². The minimum absolute atomic E-state index is 0.142. The molecule has 1 aliphatic heterocycles. The molecule has 21 heavy (non-hydrogen) atoms. The highest BCUT2D eigenvalue weighted by Gasteiger charge is 2.21. The number of aromatic nitrogens is 4. The molecule has 1 saturated heterocycles. The molecule has 1 atom stereocenters. The van der Waals surface area contributed by atoms with Crippen LogP contribution in [0.3, 0.4) is 0 Å². The average Bonchev–Trinajstić information content (AvgIpc) is 2.89. The van der Waals surface area contributed by atoms with Gasteiger partial charge in [-0.2, -0.15) is 5.10 Å². The molecule has 0 saturated carbocycles. The third kappa shape index (κ3) is 3.20. The van der Waals surface area contributed by atoms with Gasteiger partial charge in [0.15, 0.2) is 10.6 Å². The van der Waals surface area contributed by atoms with Crippen LogP contribution >= 0.6 is 12.2 Å². The molecule has 0 bridgehead atoms. The van der Waals surface area contributed by atoms with E-state index in [0.717, 1.165) is 37.6 Å². The van der Waals surface area contributed by atoms with E-state index in [1.165, 1.54) is 0 Å². The zero-order valence-corrected chi connectivity index (χ0v) is 12.8. The zero-order chi connectivity index (χ0) is 14.7. The van der Waals surface area contributed by atoms with Crippen LogP contribution in [0, 0.1) is 4.77 Å². The van der Waals surface area contributed by atoms with Crippen molar-refractivity contribution in [3.8, 4) is 11.4 Å². The van der Waals surface area contributed by atoms with Gasteiger partial charge in [-0.3, -0.25) is 19.5 Å². The second-order valence-corrected chi connectivity index (χ2v) is 5.47. The van der Waals surface area contributed by atoms with Gasteiger partial charge in [-0.15, -0.1) is 0 Å². The maximum absolute atomic E-state index is 5.87. The molecule has 0 aromatic carbocycles. The summed E-state index contributed by atoms with van der Waals surface area (Å²) in [4.78, 5) is 6.43. The number of rotatable bonds is 4. The summed E-state index contributed by atoms with van der Waals surface area (Å²) >= 11 is 5.36. The lowest BCUT2D eigenvalue weighted by Gasteiger charge is -2.32. The summed E-state index contributed by atoms with van der Waals surface area (Å²) in [7, 11) is 0. The van der Waals surface area contributed by atoms with Crippen LogP contribution in [0.2, 0.25) is 0 Å². The molecule has 0 spiro atoms. The number of hydrogen-bond donors (Lipinski definition) is 1. The van der Waals surface area contributed by atoms with Crippen LogP contribution in [0.4, 0.5) is 0 Å². The topological polar surface area (TPSA) is 59.0 Å². The molecule has 0 radical (unpaired) electrons. The Labute approximate surface area is 128 Å². The Hall–Kier alpha value is -1.57. The molecule has 2 aromatic heterocycles. The largest absolute Gasteiger partial charge is 0.374 e. The summed E-state index contributed by atoms with van der Waals surface area (Å²) in [6.07, 6.45) is 3.66. The number of likely N-dealkylation sites (N-methyl/N-ethyl adjacent to an activating group) is 1. The first-order valence-electron chi connectivity index (χ1n) is 7.17. The van der Waals surface area contributed by atoms with E-state index in [4.69, 9.17) is 17.0 Å². The fraction of sp³-hybridized carbons (Fsp3) is 0.500. The summed E-state index contributed by atoms with van der Waals surface area (Å²) in [5, 5.41) is 7.22. The van der Waals surface area contributed by atoms with Gasteiger partial charge in [-0.05, 0) is 30.9 Å². The molecule has 2 aromatic rings. The first-order valence-corrected chi connectivity index (χ1v) is 7.58. The molecule has 0 amide bonds. The van der Waals surface area contributed by atoms with Crippen LogP contribution in [-0.2, 0) is 11.3 Å². The van der Waals surface area contributed by atoms with Crippen LogP contribution in [0.25, 0.3) is 11.4 Å². The maximum atomic E-state index is 5.87. The third-order valence-corrected chi connectivity index (χ3v) is 4.06. The SMILES string of the molecule is CCN1CCOC(Cn2c(-c3ccncc3)n[nH]c2=S)C1. The van der Waals surface area contributed by atoms with E-state index in [0.29, 0.717) is 11.3 Å². The molecular weight excluding hydrogens is 286 g/mol. The number of nitrogens with one attached hydrogen (secondary N) is 1. The molecule has 1 unspecified atom stereocenters. The van der Waals surface area contributed by atoms with Gasteiger partial charge in [-0.1, -0.05) is 6.92 Å². The Morgan fingerprint density at radius 1 is 1.43 bits per heavy atom. The summed E-state index contributed by atoms with van der Waals surface area (Å²) in [5.41, 5.74) is 1.00. The van der Waals surface area contributed by atoms with Crippen molar-refractivity contribution in [3.63, 3.8) is 0 Å². The van der Waals surface area contributed by atoms with Crippen molar-refractivity contribution >= 4 is 12.2 Å². The number of H-pyrrole nitrogens is 1. The molecule has 3 rings (SSSR count). The van der Waals surface area contributed by atoms with Crippen molar-refractivity contribution in [2.24, 2.45) is 0 Å². The van der Waals surface area contributed by atoms with Crippen molar-refractivity contribution in [1.82, 2.24) is 24.6 Å². The zero-order valence-electron chi connectivity index (χ0n) is 12.0. The quantitative estimate of drug-likeness (QED) is 0.872. The minimum Gasteiger partial charge on any atom is -0.374 e. The van der Waals surface area contributed by atoms with Crippen molar-refractivity contribution in [1.29, 1.82) is 0 Å². The van der Waals surface area contributed by atoms with Gasteiger partial charge in [0, 0.05) is 31.0 Å². The van der Waals surface area contributed by atoms with Crippen molar-refractivity contribution in [2.45, 2.75) is 19.6 Å². The molecule has 1 aliphatic rings. The predicted octanol–water partition coefficient (Wildman–Crippen LogP) is 1.72. The first kappa shape index (κ1) is 14.4. The van der Waals surface area contributed by atoms with Crippen molar-refractivity contribution in [3.05, 3.63) is 29.3 Å². The minimum atomic E-state index is 0.142. The van der Waals surface area contributed by atoms with Gasteiger partial charge in [0.1, 0.15) is 0 Å². The third-order valence-electron chi connectivity index (χ3n) is 3.75. The van der Waals surface area contributed by atoms with Gasteiger partial charge in [-0.25, -0.2) is 0 Å². The highest BCUT2D eigenvalue weighted by molar-refractivity contribution is 7.71. The Morgan fingerprint density at radius 3 is 3.00 bits per heavy atom. The number of hydrogen-bond acceptors (Lipinski definition) is 5. The summed E-state index contributed by atoms with van der Waals surface area (Å²) in [5.74, 6) is 0.833. The van der Waals surface area contributed by atoms with Crippen LogP contribution in [0.5, 0.6) is 0 Å². The lowest BCUT2D eigenvalue weighted by atomic mass is 10.2. The van der Waals surface area contributed by atoms with Crippen molar-refractivity contribution < 1.29 is 4.74 Å². The summed E-state index contributed by atoms with van der Waals surface area (Å²) in [6.45, 7) is 6.64. The normalized spacial score (nSPS) is 19.8. The van der Waals surface area contributed by atoms with E-state index in [1.807, 2.05) is 16.7 Å². The summed E-state index contributed by atoms with van der Waals surface area (Å²) in [6, 6.07) is 3.86. The van der Waals surface area contributed by atoms with Gasteiger partial charge in [0.2, 0.25) is 0 Å².